The fraction of sp³-hybridized carbons (Fsp3) is 0.789. The Labute approximate surface area is 147 Å². The predicted octanol–water partition coefficient (Wildman–Crippen LogP) is 3.78. The highest BCUT2D eigenvalue weighted by atomic mass is 16.5. The van der Waals surface area contributed by atoms with Crippen molar-refractivity contribution in [3.63, 3.8) is 0 Å². The van der Waals surface area contributed by atoms with Gasteiger partial charge in [-0.3, -0.25) is 4.79 Å². The van der Waals surface area contributed by atoms with Crippen LogP contribution in [0.5, 0.6) is 0 Å². The van der Waals surface area contributed by atoms with E-state index in [1.54, 1.807) is 6.92 Å². The number of nitrogens with zero attached hydrogens (tertiary/aromatic N) is 1. The minimum absolute atomic E-state index is 0.300. The largest absolute Gasteiger partial charge is 0.481 e. The molecule has 0 spiro atoms. The van der Waals surface area contributed by atoms with Crippen LogP contribution in [-0.4, -0.2) is 55.3 Å². The van der Waals surface area contributed by atoms with E-state index >= 15 is 0 Å². The van der Waals surface area contributed by atoms with Gasteiger partial charge in [-0.25, -0.2) is 4.79 Å². The van der Waals surface area contributed by atoms with E-state index < -0.39 is 5.97 Å². The molecule has 0 aromatic rings. The van der Waals surface area contributed by atoms with Crippen LogP contribution in [0.4, 0.5) is 0 Å². The summed E-state index contributed by atoms with van der Waals surface area (Å²) in [7, 11) is 4.33. The summed E-state index contributed by atoms with van der Waals surface area (Å²) in [5.74, 6) is -0.997. The van der Waals surface area contributed by atoms with E-state index in [2.05, 4.69) is 20.7 Å². The molecule has 0 aliphatic carbocycles. The zero-order valence-electron chi connectivity index (χ0n) is 15.8. The smallest absolute Gasteiger partial charge is 0.333 e. The van der Waals surface area contributed by atoms with Crippen molar-refractivity contribution < 1.29 is 23.9 Å². The lowest BCUT2D eigenvalue weighted by molar-refractivity contribution is -0.890. The Kier molecular flexibility index (Phi) is 12.3. The van der Waals surface area contributed by atoms with Gasteiger partial charge in [-0.05, 0) is 26.2 Å². The molecule has 0 saturated carbocycles. The van der Waals surface area contributed by atoms with Gasteiger partial charge in [0.25, 0.3) is 0 Å². The van der Waals surface area contributed by atoms with Crippen LogP contribution < -0.4 is 0 Å². The van der Waals surface area contributed by atoms with Gasteiger partial charge >= 0.3 is 11.9 Å². The number of unbranched alkanes of at least 4 members (excludes halogenated alkanes) is 7. The summed E-state index contributed by atoms with van der Waals surface area (Å²) in [6, 6.07) is 0. The molecule has 0 rings (SSSR count). The Morgan fingerprint density at radius 1 is 0.917 bits per heavy atom. The van der Waals surface area contributed by atoms with Gasteiger partial charge in [0.15, 0.2) is 0 Å². The molecule has 5 nitrogen and oxygen atoms in total. The van der Waals surface area contributed by atoms with Crippen LogP contribution in [0.3, 0.4) is 0 Å². The van der Waals surface area contributed by atoms with Gasteiger partial charge in [0.05, 0.1) is 20.6 Å². The lowest BCUT2D eigenvalue weighted by Gasteiger charge is -2.29. The molecule has 0 atom stereocenters. The normalized spacial score (nSPS) is 11.3. The zero-order chi connectivity index (χ0) is 18.4. The van der Waals surface area contributed by atoms with Gasteiger partial charge in [-0.1, -0.05) is 38.7 Å². The molecule has 0 saturated heterocycles. The monoisotopic (exact) mass is 342 g/mol. The van der Waals surface area contributed by atoms with Gasteiger partial charge < -0.3 is 14.3 Å². The van der Waals surface area contributed by atoms with Crippen molar-refractivity contribution in [1.29, 1.82) is 0 Å². The molecular weight excluding hydrogens is 306 g/mol. The summed E-state index contributed by atoms with van der Waals surface area (Å²) < 4.78 is 6.01. The number of quaternary nitrogens is 1. The first-order valence-corrected chi connectivity index (χ1v) is 9.11. The molecule has 0 aromatic carbocycles. The highest BCUT2D eigenvalue weighted by Crippen LogP contribution is 2.11. The summed E-state index contributed by atoms with van der Waals surface area (Å²) in [5.41, 5.74) is 0.447. The third-order valence-electron chi connectivity index (χ3n) is 4.18. The second kappa shape index (κ2) is 13.0. The van der Waals surface area contributed by atoms with Crippen molar-refractivity contribution >= 4 is 11.9 Å². The Balaban J connectivity index is 3.49. The van der Waals surface area contributed by atoms with E-state index in [1.165, 1.54) is 32.1 Å². The van der Waals surface area contributed by atoms with Gasteiger partial charge in [-0.2, -0.15) is 0 Å². The molecule has 1 N–H and O–H groups in total. The highest BCUT2D eigenvalue weighted by Gasteiger charge is 2.15. The number of carboxylic acid groups (broad SMARTS) is 1. The van der Waals surface area contributed by atoms with Gasteiger partial charge in [0, 0.05) is 12.0 Å². The first-order valence-electron chi connectivity index (χ1n) is 9.11. The number of carboxylic acids is 1. The summed E-state index contributed by atoms with van der Waals surface area (Å²) in [6.45, 7) is 7.58. The van der Waals surface area contributed by atoms with E-state index in [1.807, 2.05) is 0 Å². The third kappa shape index (κ3) is 14.2. The maximum Gasteiger partial charge on any atom is 0.333 e. The number of carbonyl (C=O) groups is 2. The number of hydrogen-bond acceptors (Lipinski definition) is 3. The van der Waals surface area contributed by atoms with Crippen LogP contribution in [0.25, 0.3) is 0 Å². The first-order chi connectivity index (χ1) is 11.2. The molecule has 24 heavy (non-hydrogen) atoms. The maximum atomic E-state index is 11.3. The Bertz CT molecular complexity index is 391. The van der Waals surface area contributed by atoms with Gasteiger partial charge in [-0.15, -0.1) is 0 Å². The van der Waals surface area contributed by atoms with E-state index in [9.17, 15) is 9.59 Å². The summed E-state index contributed by atoms with van der Waals surface area (Å²) in [5, 5.41) is 8.55. The predicted molar refractivity (Wildman–Crippen MR) is 96.8 cm³/mol. The van der Waals surface area contributed by atoms with Crippen molar-refractivity contribution in [2.75, 3.05) is 33.8 Å². The van der Waals surface area contributed by atoms with E-state index in [0.717, 1.165) is 36.8 Å². The average Bonchev–Trinajstić information content (AvgIpc) is 2.48. The molecule has 0 bridgehead atoms. The molecule has 0 amide bonds. The summed E-state index contributed by atoms with van der Waals surface area (Å²) in [6.07, 6.45) is 9.35. The second-order valence-corrected chi connectivity index (χ2v) is 7.27. The fourth-order valence-corrected chi connectivity index (χ4v) is 2.50. The second-order valence-electron chi connectivity index (χ2n) is 7.27. The molecule has 0 aliphatic rings. The van der Waals surface area contributed by atoms with Crippen molar-refractivity contribution in [2.24, 2.45) is 0 Å². The molecule has 0 fully saturated rings. The Morgan fingerprint density at radius 3 is 1.92 bits per heavy atom. The number of ether oxygens (including phenoxy) is 1. The standard InChI is InChI=1S/C19H35NO4/c1-17(2)19(23)24-16-15-20(3,4)14-12-10-8-6-5-7-9-11-13-18(21)22/h1,5-16H2,2-4H3/p+1. The van der Waals surface area contributed by atoms with Crippen LogP contribution in [0, 0.1) is 0 Å². The number of rotatable bonds is 15. The van der Waals surface area contributed by atoms with Crippen LogP contribution in [0.15, 0.2) is 12.2 Å². The molecule has 0 aromatic heterocycles. The molecular formula is C19H36NO4+. The van der Waals surface area contributed by atoms with E-state index in [0.29, 0.717) is 18.6 Å². The van der Waals surface area contributed by atoms with E-state index in [4.69, 9.17) is 9.84 Å². The number of likely N-dealkylation sites (N-methyl/N-ethyl adjacent to an activating group) is 1. The maximum absolute atomic E-state index is 11.3. The lowest BCUT2D eigenvalue weighted by Crippen LogP contribution is -2.43. The summed E-state index contributed by atoms with van der Waals surface area (Å²) in [4.78, 5) is 21.7. The minimum Gasteiger partial charge on any atom is -0.481 e. The van der Waals surface area contributed by atoms with Crippen LogP contribution in [0.2, 0.25) is 0 Å². The number of hydrogen-bond donors (Lipinski definition) is 1. The SMILES string of the molecule is C=C(C)C(=O)OCC[N+](C)(C)CCCCCCCCCCC(=O)O. The number of aliphatic carboxylic acids is 1. The van der Waals surface area contributed by atoms with E-state index in [-0.39, 0.29) is 5.97 Å². The molecule has 5 heteroatoms. The zero-order valence-corrected chi connectivity index (χ0v) is 15.8. The quantitative estimate of drug-likeness (QED) is 0.213. The molecule has 140 valence electrons. The van der Waals surface area contributed by atoms with Gasteiger partial charge in [0.2, 0.25) is 0 Å². The van der Waals surface area contributed by atoms with Crippen LogP contribution in [-0.2, 0) is 14.3 Å². The lowest BCUT2D eigenvalue weighted by atomic mass is 10.1. The van der Waals surface area contributed by atoms with Crippen LogP contribution >= 0.6 is 0 Å². The molecule has 0 radical (unpaired) electrons. The molecule has 0 unspecified atom stereocenters. The minimum atomic E-state index is -0.690. The van der Waals surface area contributed by atoms with Crippen molar-refractivity contribution in [2.45, 2.75) is 64.7 Å². The molecule has 0 aliphatic heterocycles. The van der Waals surface area contributed by atoms with Gasteiger partial charge in [0.1, 0.15) is 13.2 Å². The fourth-order valence-electron chi connectivity index (χ4n) is 2.50. The number of esters is 1. The first kappa shape index (κ1) is 22.6. The van der Waals surface area contributed by atoms with Crippen molar-refractivity contribution in [3.8, 4) is 0 Å². The third-order valence-corrected chi connectivity index (χ3v) is 4.18. The Morgan fingerprint density at radius 2 is 1.42 bits per heavy atom. The topological polar surface area (TPSA) is 63.6 Å². The average molecular weight is 343 g/mol. The number of carbonyl (C=O) groups excluding carboxylic acids is 1. The highest BCUT2D eigenvalue weighted by molar-refractivity contribution is 5.86. The Hall–Kier alpha value is -1.36. The van der Waals surface area contributed by atoms with Crippen molar-refractivity contribution in [1.82, 2.24) is 0 Å². The molecule has 0 heterocycles. The van der Waals surface area contributed by atoms with Crippen molar-refractivity contribution in [3.05, 3.63) is 12.2 Å². The summed E-state index contributed by atoms with van der Waals surface area (Å²) >= 11 is 0. The van der Waals surface area contributed by atoms with Crippen LogP contribution in [0.1, 0.15) is 64.7 Å².